The van der Waals surface area contributed by atoms with Crippen molar-refractivity contribution < 1.29 is 28.7 Å². The summed E-state index contributed by atoms with van der Waals surface area (Å²) in [6.07, 6.45) is 5.47. The van der Waals surface area contributed by atoms with Crippen molar-refractivity contribution in [2.45, 2.75) is 6.54 Å². The summed E-state index contributed by atoms with van der Waals surface area (Å²) in [5, 5.41) is 10.4. The molecule has 4 aromatic rings. The van der Waals surface area contributed by atoms with Gasteiger partial charge in [0.25, 0.3) is 11.8 Å². The van der Waals surface area contributed by atoms with Crippen LogP contribution in [0.2, 0.25) is 0 Å². The van der Waals surface area contributed by atoms with E-state index in [1.807, 2.05) is 35.2 Å². The Hall–Kier alpha value is -4.56. The lowest BCUT2D eigenvalue weighted by atomic mass is 9.92. The molecule has 2 heterocycles. The predicted molar refractivity (Wildman–Crippen MR) is 136 cm³/mol. The Morgan fingerprint density at radius 1 is 0.917 bits per heavy atom. The number of aliphatic hydroxyl groups is 1. The van der Waals surface area contributed by atoms with E-state index >= 15 is 0 Å². The second-order valence-corrected chi connectivity index (χ2v) is 8.20. The summed E-state index contributed by atoms with van der Waals surface area (Å²) in [6.45, 7) is 0.592. The number of methoxy groups -OCH3 is 2. The molecule has 1 aliphatic rings. The van der Waals surface area contributed by atoms with Crippen molar-refractivity contribution in [1.29, 1.82) is 0 Å². The largest absolute Gasteiger partial charge is 0.493 e. The first-order valence-electron chi connectivity index (χ1n) is 11.4. The van der Waals surface area contributed by atoms with Crippen LogP contribution in [0.15, 0.2) is 78.0 Å². The zero-order chi connectivity index (χ0) is 25.2. The lowest BCUT2D eigenvalue weighted by Gasteiger charge is -2.28. The van der Waals surface area contributed by atoms with Crippen LogP contribution < -0.4 is 18.9 Å². The maximum absolute atomic E-state index is 13.5. The van der Waals surface area contributed by atoms with Crippen LogP contribution in [-0.4, -0.2) is 44.0 Å². The fraction of sp³-hybridized carbons (Fsp3) is 0.143. The summed E-state index contributed by atoms with van der Waals surface area (Å²) in [5.41, 5.74) is 2.80. The Labute approximate surface area is 207 Å². The number of nitrogens with zero attached hydrogens (tertiary/aromatic N) is 3. The number of benzene rings is 3. The molecule has 0 unspecified atom stereocenters. The molecule has 0 saturated heterocycles. The number of hydrogen-bond acceptors (Lipinski definition) is 6. The number of amides is 2. The van der Waals surface area contributed by atoms with Crippen molar-refractivity contribution in [2.24, 2.45) is 4.99 Å². The molecule has 1 aliphatic heterocycles. The van der Waals surface area contributed by atoms with E-state index < -0.39 is 11.8 Å². The Morgan fingerprint density at radius 3 is 2.33 bits per heavy atom. The van der Waals surface area contributed by atoms with E-state index in [4.69, 9.17) is 14.6 Å². The van der Waals surface area contributed by atoms with E-state index in [0.717, 1.165) is 15.8 Å². The highest BCUT2D eigenvalue weighted by Crippen LogP contribution is 2.39. The van der Waals surface area contributed by atoms with Crippen LogP contribution in [0.3, 0.4) is 0 Å². The zero-order valence-corrected chi connectivity index (χ0v) is 19.8. The number of imide groups is 1. The minimum Gasteiger partial charge on any atom is -0.493 e. The number of carbonyl (C=O) groups excluding carboxylic acids is 2. The number of aliphatic imine (C=N–C) groups is 1. The minimum absolute atomic E-state index is 0.0691. The van der Waals surface area contributed by atoms with E-state index in [2.05, 4.69) is 4.99 Å². The molecule has 0 bridgehead atoms. The molecule has 0 spiro atoms. The zero-order valence-electron chi connectivity index (χ0n) is 19.8. The fourth-order valence-electron chi connectivity index (χ4n) is 4.36. The molecule has 8 nitrogen and oxygen atoms in total. The van der Waals surface area contributed by atoms with Gasteiger partial charge in [-0.2, -0.15) is 0 Å². The van der Waals surface area contributed by atoms with Gasteiger partial charge in [-0.15, -0.1) is 0 Å². The van der Waals surface area contributed by atoms with Crippen LogP contribution in [-0.2, 0) is 6.54 Å². The maximum Gasteiger partial charge on any atom is 0.265 e. The van der Waals surface area contributed by atoms with Gasteiger partial charge >= 0.3 is 0 Å². The van der Waals surface area contributed by atoms with E-state index in [9.17, 15) is 9.59 Å². The van der Waals surface area contributed by atoms with Crippen molar-refractivity contribution in [3.63, 3.8) is 0 Å². The molecular formula is C28H24N3O5+. The topological polar surface area (TPSA) is 92.3 Å². The number of rotatable bonds is 7. The van der Waals surface area contributed by atoms with Gasteiger partial charge in [-0.25, -0.2) is 9.47 Å². The van der Waals surface area contributed by atoms with Crippen molar-refractivity contribution >= 4 is 40.2 Å². The average Bonchev–Trinajstić information content (AvgIpc) is 2.91. The van der Waals surface area contributed by atoms with Gasteiger partial charge in [-0.05, 0) is 30.3 Å². The number of aliphatic hydroxyl groups excluding tert-OH is 1. The maximum atomic E-state index is 13.5. The molecule has 0 fully saturated rings. The Balaban J connectivity index is 1.54. The molecule has 5 rings (SSSR count). The summed E-state index contributed by atoms with van der Waals surface area (Å²) in [7, 11) is 3.03. The number of hydrogen-bond donors (Lipinski definition) is 1. The lowest BCUT2D eigenvalue weighted by molar-refractivity contribution is -0.698. The fourth-order valence-corrected chi connectivity index (χ4v) is 4.36. The van der Waals surface area contributed by atoms with Gasteiger partial charge in [-0.3, -0.25) is 14.6 Å². The lowest BCUT2D eigenvalue weighted by Crippen LogP contribution is -2.40. The number of aromatic nitrogens is 1. The molecule has 0 aliphatic carbocycles. The van der Waals surface area contributed by atoms with Gasteiger partial charge < -0.3 is 14.6 Å². The summed E-state index contributed by atoms with van der Waals surface area (Å²) >= 11 is 0. The highest BCUT2D eigenvalue weighted by Gasteiger charge is 2.34. The van der Waals surface area contributed by atoms with Crippen molar-refractivity contribution in [3.05, 3.63) is 89.7 Å². The van der Waals surface area contributed by atoms with Gasteiger partial charge in [0, 0.05) is 51.9 Å². The van der Waals surface area contributed by atoms with Crippen LogP contribution in [0, 0.1) is 0 Å². The van der Waals surface area contributed by atoms with Crippen LogP contribution in [0.5, 0.6) is 11.5 Å². The normalized spacial score (nSPS) is 13.0. The van der Waals surface area contributed by atoms with Gasteiger partial charge in [0.05, 0.1) is 25.6 Å². The molecule has 0 radical (unpaired) electrons. The molecule has 36 heavy (non-hydrogen) atoms. The summed E-state index contributed by atoms with van der Waals surface area (Å²) in [4.78, 5) is 32.8. The number of carbonyl (C=O) groups is 2. The molecule has 1 N–H and O–H groups in total. The molecule has 2 amide bonds. The standard InChI is InChI=1S/C28H24N3O5/c1-35-24-9-6-19(16-25(24)36-2)31-27(33)21-5-3-4-20-23(8-7-22(26(20)21)28(31)34)29-17-18-10-12-30(13-11-18)14-15-32/h3-13,16-17,32H,14-15H2,1-2H3/q+1. The number of pyridine rings is 1. The van der Waals surface area contributed by atoms with Crippen LogP contribution in [0.1, 0.15) is 26.3 Å². The molecule has 1 aromatic heterocycles. The first kappa shape index (κ1) is 23.2. The second-order valence-electron chi connectivity index (χ2n) is 8.20. The summed E-state index contributed by atoms with van der Waals surface area (Å²) in [5.74, 6) is 0.0998. The smallest absolute Gasteiger partial charge is 0.265 e. The van der Waals surface area contributed by atoms with Gasteiger partial charge in [0.1, 0.15) is 6.61 Å². The molecule has 0 atom stereocenters. The minimum atomic E-state index is -0.414. The Kier molecular flexibility index (Phi) is 6.18. The number of ether oxygens (including phenoxy) is 2. The molecule has 180 valence electrons. The number of anilines is 1. The average molecular weight is 483 g/mol. The van der Waals surface area contributed by atoms with Crippen LogP contribution in [0.25, 0.3) is 10.8 Å². The van der Waals surface area contributed by atoms with Crippen molar-refractivity contribution in [2.75, 3.05) is 25.7 Å². The predicted octanol–water partition coefficient (Wildman–Crippen LogP) is 3.69. The van der Waals surface area contributed by atoms with Gasteiger partial charge in [-0.1, -0.05) is 12.1 Å². The first-order chi connectivity index (χ1) is 17.5. The highest BCUT2D eigenvalue weighted by molar-refractivity contribution is 6.36. The third-order valence-electron chi connectivity index (χ3n) is 6.14. The highest BCUT2D eigenvalue weighted by atomic mass is 16.5. The first-order valence-corrected chi connectivity index (χ1v) is 11.4. The van der Waals surface area contributed by atoms with E-state index in [0.29, 0.717) is 45.9 Å². The second kappa shape index (κ2) is 9.59. The van der Waals surface area contributed by atoms with E-state index in [1.165, 1.54) is 14.2 Å². The van der Waals surface area contributed by atoms with Crippen molar-refractivity contribution in [3.8, 4) is 11.5 Å². The Bertz CT molecular complexity index is 1490. The van der Waals surface area contributed by atoms with Crippen LogP contribution >= 0.6 is 0 Å². The summed E-state index contributed by atoms with van der Waals surface area (Å²) < 4.78 is 12.5. The molecule has 0 saturated carbocycles. The van der Waals surface area contributed by atoms with E-state index in [1.54, 1.807) is 48.7 Å². The quantitative estimate of drug-likeness (QED) is 0.246. The van der Waals surface area contributed by atoms with Gasteiger partial charge in [0.2, 0.25) is 0 Å². The Morgan fingerprint density at radius 2 is 1.64 bits per heavy atom. The summed E-state index contributed by atoms with van der Waals surface area (Å²) in [6, 6.07) is 17.6. The van der Waals surface area contributed by atoms with Gasteiger partial charge in [0.15, 0.2) is 30.4 Å². The van der Waals surface area contributed by atoms with Crippen molar-refractivity contribution in [1.82, 2.24) is 0 Å². The molecular weight excluding hydrogens is 458 g/mol. The molecule has 3 aromatic carbocycles. The SMILES string of the molecule is COc1ccc(N2C(=O)c3cccc4c(N=Cc5cc[n+](CCO)cc5)ccc(c34)C2=O)cc1OC. The van der Waals surface area contributed by atoms with Crippen LogP contribution in [0.4, 0.5) is 11.4 Å². The third kappa shape index (κ3) is 3.97. The monoisotopic (exact) mass is 482 g/mol. The molecule has 8 heteroatoms. The van der Waals surface area contributed by atoms with E-state index in [-0.39, 0.29) is 6.61 Å². The third-order valence-corrected chi connectivity index (χ3v) is 6.14.